The zero-order valence-electron chi connectivity index (χ0n) is 7.45. The van der Waals surface area contributed by atoms with Gasteiger partial charge in [-0.3, -0.25) is 0 Å². The minimum Gasteiger partial charge on any atom is -0.350 e. The summed E-state index contributed by atoms with van der Waals surface area (Å²) in [5.41, 5.74) is 0.906. The fourth-order valence-corrected chi connectivity index (χ4v) is 1.44. The summed E-state index contributed by atoms with van der Waals surface area (Å²) in [6, 6.07) is 8.74. The lowest BCUT2D eigenvalue weighted by atomic mass is 10.2. The Bertz CT molecular complexity index is 423. The molecule has 1 aromatic heterocycles. The second-order valence-electron chi connectivity index (χ2n) is 3.10. The van der Waals surface area contributed by atoms with Gasteiger partial charge in [-0.15, -0.1) is 0 Å². The van der Waals surface area contributed by atoms with E-state index in [1.807, 2.05) is 35.2 Å². The average molecular weight is 210 g/mol. The van der Waals surface area contributed by atoms with Crippen molar-refractivity contribution in [1.82, 2.24) is 4.57 Å². The van der Waals surface area contributed by atoms with Crippen molar-refractivity contribution >= 4 is 11.6 Å². The first-order valence-electron chi connectivity index (χ1n) is 4.30. The molecule has 0 atom stereocenters. The predicted octanol–water partition coefficient (Wildman–Crippen LogP) is 3.33. The molecule has 0 saturated heterocycles. The van der Waals surface area contributed by atoms with E-state index in [0.717, 1.165) is 5.56 Å². The molecule has 0 unspecified atom stereocenters. The van der Waals surface area contributed by atoms with Crippen molar-refractivity contribution in [2.24, 2.45) is 0 Å². The highest BCUT2D eigenvalue weighted by atomic mass is 35.5. The van der Waals surface area contributed by atoms with E-state index in [-0.39, 0.29) is 10.8 Å². The van der Waals surface area contributed by atoms with Crippen LogP contribution < -0.4 is 0 Å². The Labute approximate surface area is 86.7 Å². The Morgan fingerprint density at radius 3 is 2.57 bits per heavy atom. The van der Waals surface area contributed by atoms with E-state index in [0.29, 0.717) is 6.54 Å². The molecule has 2 aromatic rings. The van der Waals surface area contributed by atoms with Gasteiger partial charge in [0.15, 0.2) is 0 Å². The van der Waals surface area contributed by atoms with Crippen LogP contribution in [-0.2, 0) is 6.54 Å². The van der Waals surface area contributed by atoms with Gasteiger partial charge < -0.3 is 4.57 Å². The van der Waals surface area contributed by atoms with Crippen LogP contribution in [0.25, 0.3) is 0 Å². The second kappa shape index (κ2) is 3.84. The van der Waals surface area contributed by atoms with E-state index >= 15 is 0 Å². The maximum absolute atomic E-state index is 13.1. The van der Waals surface area contributed by atoms with E-state index in [1.165, 1.54) is 6.07 Å². The minimum atomic E-state index is -0.365. The zero-order valence-corrected chi connectivity index (χ0v) is 8.21. The Balaban J connectivity index is 2.22. The van der Waals surface area contributed by atoms with Crippen molar-refractivity contribution in [1.29, 1.82) is 0 Å². The first-order valence-corrected chi connectivity index (χ1v) is 4.68. The van der Waals surface area contributed by atoms with Gasteiger partial charge in [0, 0.05) is 18.9 Å². The molecule has 1 nitrogen and oxygen atoms in total. The summed E-state index contributed by atoms with van der Waals surface area (Å²) in [7, 11) is 0. The van der Waals surface area contributed by atoms with E-state index in [4.69, 9.17) is 11.6 Å². The predicted molar refractivity (Wildman–Crippen MR) is 54.9 cm³/mol. The maximum Gasteiger partial charge on any atom is 0.142 e. The van der Waals surface area contributed by atoms with Gasteiger partial charge in [-0.1, -0.05) is 17.7 Å². The van der Waals surface area contributed by atoms with E-state index in [2.05, 4.69) is 0 Å². The van der Waals surface area contributed by atoms with Crippen molar-refractivity contribution < 1.29 is 4.39 Å². The highest BCUT2D eigenvalue weighted by molar-refractivity contribution is 6.30. The monoisotopic (exact) mass is 209 g/mol. The van der Waals surface area contributed by atoms with Crippen LogP contribution in [0.3, 0.4) is 0 Å². The van der Waals surface area contributed by atoms with Crippen LogP contribution in [-0.4, -0.2) is 4.57 Å². The highest BCUT2D eigenvalue weighted by Gasteiger charge is 2.00. The Hall–Kier alpha value is -1.28. The molecular weight excluding hydrogens is 201 g/mol. The first-order chi connectivity index (χ1) is 6.75. The van der Waals surface area contributed by atoms with Gasteiger partial charge in [0.05, 0.1) is 5.02 Å². The number of aromatic nitrogens is 1. The average Bonchev–Trinajstić information content (AvgIpc) is 2.64. The molecule has 1 heterocycles. The lowest BCUT2D eigenvalue weighted by Crippen LogP contribution is -1.96. The first kappa shape index (κ1) is 9.28. The number of hydrogen-bond donors (Lipinski definition) is 0. The van der Waals surface area contributed by atoms with Crippen LogP contribution >= 0.6 is 11.6 Å². The summed E-state index contributed by atoms with van der Waals surface area (Å²) in [6.45, 7) is 0.668. The van der Waals surface area contributed by atoms with Crippen LogP contribution in [0.2, 0.25) is 5.02 Å². The smallest absolute Gasteiger partial charge is 0.142 e. The third-order valence-corrected chi connectivity index (χ3v) is 2.32. The summed E-state index contributed by atoms with van der Waals surface area (Å²) in [4.78, 5) is 0. The number of halogens is 2. The summed E-state index contributed by atoms with van der Waals surface area (Å²) in [5, 5.41) is 0.168. The van der Waals surface area contributed by atoms with Crippen LogP contribution in [0.1, 0.15) is 5.56 Å². The van der Waals surface area contributed by atoms with Crippen LogP contribution in [0.15, 0.2) is 42.7 Å². The van der Waals surface area contributed by atoms with Crippen LogP contribution in [0, 0.1) is 5.82 Å². The molecular formula is C11H9ClFN. The normalized spacial score (nSPS) is 10.4. The van der Waals surface area contributed by atoms with Crippen molar-refractivity contribution in [3.63, 3.8) is 0 Å². The fourth-order valence-electron chi connectivity index (χ4n) is 1.32. The second-order valence-corrected chi connectivity index (χ2v) is 3.51. The Kier molecular flexibility index (Phi) is 2.55. The summed E-state index contributed by atoms with van der Waals surface area (Å²) < 4.78 is 15.0. The molecule has 0 saturated carbocycles. The topological polar surface area (TPSA) is 4.93 Å². The largest absolute Gasteiger partial charge is 0.350 e. The molecule has 0 aliphatic rings. The molecule has 0 amide bonds. The molecule has 14 heavy (non-hydrogen) atoms. The zero-order chi connectivity index (χ0) is 9.97. The molecule has 0 N–H and O–H groups in total. The number of benzene rings is 1. The molecule has 0 radical (unpaired) electrons. The summed E-state index contributed by atoms with van der Waals surface area (Å²) in [6.07, 6.45) is 3.87. The van der Waals surface area contributed by atoms with Crippen molar-refractivity contribution in [2.75, 3.05) is 0 Å². The van der Waals surface area contributed by atoms with Gasteiger partial charge in [0.25, 0.3) is 0 Å². The van der Waals surface area contributed by atoms with E-state index in [9.17, 15) is 4.39 Å². The SMILES string of the molecule is Fc1cc(Cn2cccc2)ccc1Cl. The molecule has 0 spiro atoms. The number of hydrogen-bond acceptors (Lipinski definition) is 0. The lowest BCUT2D eigenvalue weighted by Gasteiger charge is -2.03. The van der Waals surface area contributed by atoms with Crippen molar-refractivity contribution in [3.05, 3.63) is 59.1 Å². The lowest BCUT2D eigenvalue weighted by molar-refractivity contribution is 0.624. The van der Waals surface area contributed by atoms with Crippen LogP contribution in [0.5, 0.6) is 0 Å². The van der Waals surface area contributed by atoms with Crippen LogP contribution in [0.4, 0.5) is 4.39 Å². The standard InChI is InChI=1S/C11H9ClFN/c12-10-4-3-9(7-11(10)13)8-14-5-1-2-6-14/h1-7H,8H2. The van der Waals surface area contributed by atoms with Gasteiger partial charge in [-0.05, 0) is 29.8 Å². The van der Waals surface area contributed by atoms with E-state index < -0.39 is 0 Å². The van der Waals surface area contributed by atoms with Gasteiger partial charge in [-0.2, -0.15) is 0 Å². The van der Waals surface area contributed by atoms with Gasteiger partial charge in [0.1, 0.15) is 5.82 Å². The number of rotatable bonds is 2. The van der Waals surface area contributed by atoms with Gasteiger partial charge in [-0.25, -0.2) is 4.39 Å². The molecule has 0 bridgehead atoms. The molecule has 1 aromatic carbocycles. The van der Waals surface area contributed by atoms with Crippen molar-refractivity contribution in [2.45, 2.75) is 6.54 Å². The maximum atomic E-state index is 13.1. The van der Waals surface area contributed by atoms with Crippen molar-refractivity contribution in [3.8, 4) is 0 Å². The van der Waals surface area contributed by atoms with Gasteiger partial charge >= 0.3 is 0 Å². The third kappa shape index (κ3) is 1.96. The quantitative estimate of drug-likeness (QED) is 0.715. The highest BCUT2D eigenvalue weighted by Crippen LogP contribution is 2.16. The fraction of sp³-hybridized carbons (Fsp3) is 0.0909. The molecule has 3 heteroatoms. The molecule has 2 rings (SSSR count). The molecule has 0 aliphatic heterocycles. The number of nitrogens with zero attached hydrogens (tertiary/aromatic N) is 1. The van der Waals surface area contributed by atoms with E-state index in [1.54, 1.807) is 6.07 Å². The third-order valence-electron chi connectivity index (χ3n) is 2.02. The Morgan fingerprint density at radius 1 is 1.21 bits per heavy atom. The molecule has 72 valence electrons. The molecule has 0 fully saturated rings. The van der Waals surface area contributed by atoms with Gasteiger partial charge in [0.2, 0.25) is 0 Å². The minimum absolute atomic E-state index is 0.168. The summed E-state index contributed by atoms with van der Waals surface area (Å²) >= 11 is 5.58. The summed E-state index contributed by atoms with van der Waals surface area (Å²) in [5.74, 6) is -0.365. The molecule has 0 aliphatic carbocycles. The Morgan fingerprint density at radius 2 is 1.93 bits per heavy atom.